The van der Waals surface area contributed by atoms with Gasteiger partial charge < -0.3 is 10.4 Å². The highest BCUT2D eigenvalue weighted by Crippen LogP contribution is 2.29. The molecular formula is C12H21NO2. The number of hydrogen-bond donors (Lipinski definition) is 2. The number of carbonyl (C=O) groups is 1. The van der Waals surface area contributed by atoms with Gasteiger partial charge in [-0.15, -0.1) is 6.58 Å². The summed E-state index contributed by atoms with van der Waals surface area (Å²) in [7, 11) is 0. The molecule has 0 amide bonds. The van der Waals surface area contributed by atoms with Gasteiger partial charge >= 0.3 is 5.97 Å². The molecule has 0 heterocycles. The zero-order valence-corrected chi connectivity index (χ0v) is 9.41. The van der Waals surface area contributed by atoms with Crippen molar-refractivity contribution in [2.45, 2.75) is 38.6 Å². The number of carboxylic acids is 1. The van der Waals surface area contributed by atoms with E-state index in [0.717, 1.165) is 25.8 Å². The Morgan fingerprint density at radius 1 is 1.60 bits per heavy atom. The Kier molecular flexibility index (Phi) is 4.82. The quantitative estimate of drug-likeness (QED) is 0.684. The summed E-state index contributed by atoms with van der Waals surface area (Å²) in [6.45, 7) is 6.53. The van der Waals surface area contributed by atoms with Crippen molar-refractivity contribution in [2.75, 3.05) is 6.54 Å². The normalized spacial score (nSPS) is 28.3. The molecule has 0 aliphatic heterocycles. The predicted octanol–water partition coefficient (Wildman–Crippen LogP) is 2.04. The van der Waals surface area contributed by atoms with E-state index in [0.29, 0.717) is 5.92 Å². The van der Waals surface area contributed by atoms with Gasteiger partial charge in [0.05, 0.1) is 5.92 Å². The largest absolute Gasteiger partial charge is 0.481 e. The molecule has 0 spiro atoms. The molecule has 1 aliphatic rings. The molecular weight excluding hydrogens is 190 g/mol. The fourth-order valence-electron chi connectivity index (χ4n) is 2.20. The summed E-state index contributed by atoms with van der Waals surface area (Å²) in [6.07, 6.45) is 5.94. The monoisotopic (exact) mass is 211 g/mol. The highest BCUT2D eigenvalue weighted by atomic mass is 16.4. The number of aliphatic carboxylic acids is 1. The van der Waals surface area contributed by atoms with Crippen LogP contribution in [0.2, 0.25) is 0 Å². The Labute approximate surface area is 91.6 Å². The number of carboxylic acid groups (broad SMARTS) is 1. The Morgan fingerprint density at radius 3 is 2.87 bits per heavy atom. The molecule has 0 aromatic carbocycles. The van der Waals surface area contributed by atoms with E-state index in [-0.39, 0.29) is 12.0 Å². The van der Waals surface area contributed by atoms with Gasteiger partial charge in [0.25, 0.3) is 0 Å². The lowest BCUT2D eigenvalue weighted by Gasteiger charge is -2.29. The van der Waals surface area contributed by atoms with Crippen LogP contribution in [-0.2, 0) is 4.79 Å². The molecule has 3 atom stereocenters. The summed E-state index contributed by atoms with van der Waals surface area (Å²) in [6, 6.07) is 0.265. The van der Waals surface area contributed by atoms with Crippen LogP contribution < -0.4 is 5.32 Å². The smallest absolute Gasteiger partial charge is 0.306 e. The van der Waals surface area contributed by atoms with E-state index in [1.54, 1.807) is 0 Å². The molecule has 0 saturated heterocycles. The number of nitrogens with one attached hydrogen (secondary N) is 1. The summed E-state index contributed by atoms with van der Waals surface area (Å²) < 4.78 is 0. The van der Waals surface area contributed by atoms with E-state index in [1.807, 2.05) is 13.0 Å². The molecule has 3 unspecified atom stereocenters. The highest BCUT2D eigenvalue weighted by molar-refractivity contribution is 5.70. The lowest BCUT2D eigenvalue weighted by Crippen LogP contribution is -2.37. The zero-order chi connectivity index (χ0) is 11.3. The van der Waals surface area contributed by atoms with Gasteiger partial charge in [0.2, 0.25) is 0 Å². The van der Waals surface area contributed by atoms with Gasteiger partial charge in [-0.3, -0.25) is 4.79 Å². The molecule has 0 aromatic heterocycles. The maximum atomic E-state index is 11.0. The Hall–Kier alpha value is -0.830. The Morgan fingerprint density at radius 2 is 2.27 bits per heavy atom. The molecule has 15 heavy (non-hydrogen) atoms. The molecule has 0 bridgehead atoms. The molecule has 2 N–H and O–H groups in total. The summed E-state index contributed by atoms with van der Waals surface area (Å²) in [5, 5.41) is 12.4. The maximum Gasteiger partial charge on any atom is 0.306 e. The fourth-order valence-corrected chi connectivity index (χ4v) is 2.20. The minimum Gasteiger partial charge on any atom is -0.481 e. The van der Waals surface area contributed by atoms with Gasteiger partial charge in [0, 0.05) is 6.04 Å². The van der Waals surface area contributed by atoms with Gasteiger partial charge in [-0.05, 0) is 32.2 Å². The van der Waals surface area contributed by atoms with Crippen LogP contribution in [0.1, 0.15) is 32.6 Å². The van der Waals surface area contributed by atoms with Crippen molar-refractivity contribution in [2.24, 2.45) is 11.8 Å². The summed E-state index contributed by atoms with van der Waals surface area (Å²) in [5.41, 5.74) is 0. The summed E-state index contributed by atoms with van der Waals surface area (Å²) >= 11 is 0. The van der Waals surface area contributed by atoms with Crippen molar-refractivity contribution in [1.82, 2.24) is 5.32 Å². The third-order valence-electron chi connectivity index (χ3n) is 3.28. The average Bonchev–Trinajstić information content (AvgIpc) is 2.26. The third-order valence-corrected chi connectivity index (χ3v) is 3.28. The first-order valence-electron chi connectivity index (χ1n) is 5.74. The van der Waals surface area contributed by atoms with Crippen LogP contribution in [0.3, 0.4) is 0 Å². The summed E-state index contributed by atoms with van der Waals surface area (Å²) in [4.78, 5) is 11.0. The van der Waals surface area contributed by atoms with Gasteiger partial charge in [0.15, 0.2) is 0 Å². The molecule has 1 fully saturated rings. The lowest BCUT2D eigenvalue weighted by molar-refractivity contribution is -0.144. The lowest BCUT2D eigenvalue weighted by atomic mass is 9.79. The van der Waals surface area contributed by atoms with Crippen molar-refractivity contribution in [3.63, 3.8) is 0 Å². The van der Waals surface area contributed by atoms with Gasteiger partial charge in [-0.2, -0.15) is 0 Å². The van der Waals surface area contributed by atoms with E-state index in [2.05, 4.69) is 11.9 Å². The Balaban J connectivity index is 2.42. The predicted molar refractivity (Wildman–Crippen MR) is 60.7 cm³/mol. The van der Waals surface area contributed by atoms with Crippen LogP contribution in [0.25, 0.3) is 0 Å². The molecule has 1 rings (SSSR count). The van der Waals surface area contributed by atoms with Crippen LogP contribution in [0, 0.1) is 11.8 Å². The molecule has 3 nitrogen and oxygen atoms in total. The van der Waals surface area contributed by atoms with Crippen LogP contribution in [0.15, 0.2) is 12.7 Å². The van der Waals surface area contributed by atoms with Gasteiger partial charge in [-0.1, -0.05) is 18.9 Å². The van der Waals surface area contributed by atoms with E-state index < -0.39 is 5.97 Å². The van der Waals surface area contributed by atoms with Crippen LogP contribution in [0.5, 0.6) is 0 Å². The van der Waals surface area contributed by atoms with Gasteiger partial charge in [0.1, 0.15) is 0 Å². The van der Waals surface area contributed by atoms with Crippen molar-refractivity contribution >= 4 is 5.97 Å². The summed E-state index contributed by atoms with van der Waals surface area (Å²) in [5.74, 6) is -0.491. The van der Waals surface area contributed by atoms with E-state index >= 15 is 0 Å². The van der Waals surface area contributed by atoms with E-state index in [4.69, 9.17) is 5.11 Å². The Bertz CT molecular complexity index is 228. The van der Waals surface area contributed by atoms with E-state index in [1.165, 1.54) is 6.42 Å². The van der Waals surface area contributed by atoms with Gasteiger partial charge in [-0.25, -0.2) is 0 Å². The molecule has 86 valence electrons. The molecule has 3 heteroatoms. The second-order valence-corrected chi connectivity index (χ2v) is 4.42. The zero-order valence-electron chi connectivity index (χ0n) is 9.41. The first-order valence-corrected chi connectivity index (χ1v) is 5.74. The first kappa shape index (κ1) is 12.2. The minimum absolute atomic E-state index is 0.150. The molecule has 1 saturated carbocycles. The fraction of sp³-hybridized carbons (Fsp3) is 0.750. The standard InChI is InChI=1S/C12H21NO2/c1-3-9(2)13-8-10-6-4-5-7-11(10)12(14)15/h3,9-11,13H,1,4-8H2,2H3,(H,14,15). The molecule has 0 aromatic rings. The topological polar surface area (TPSA) is 49.3 Å². The SMILES string of the molecule is C=CC(C)NCC1CCCCC1C(=O)O. The van der Waals surface area contributed by atoms with E-state index in [9.17, 15) is 4.79 Å². The van der Waals surface area contributed by atoms with Crippen molar-refractivity contribution in [3.8, 4) is 0 Å². The third kappa shape index (κ3) is 3.67. The van der Waals surface area contributed by atoms with Crippen molar-refractivity contribution in [3.05, 3.63) is 12.7 Å². The maximum absolute atomic E-state index is 11.0. The number of rotatable bonds is 5. The molecule has 1 aliphatic carbocycles. The molecule has 0 radical (unpaired) electrons. The first-order chi connectivity index (χ1) is 7.15. The van der Waals surface area contributed by atoms with Crippen LogP contribution in [-0.4, -0.2) is 23.7 Å². The van der Waals surface area contributed by atoms with Crippen molar-refractivity contribution < 1.29 is 9.90 Å². The highest BCUT2D eigenvalue weighted by Gasteiger charge is 2.30. The second kappa shape index (κ2) is 5.91. The minimum atomic E-state index is -0.632. The number of hydrogen-bond acceptors (Lipinski definition) is 2. The van der Waals surface area contributed by atoms with Crippen molar-refractivity contribution in [1.29, 1.82) is 0 Å². The van der Waals surface area contributed by atoms with Crippen LogP contribution in [0.4, 0.5) is 0 Å². The second-order valence-electron chi connectivity index (χ2n) is 4.42. The average molecular weight is 211 g/mol. The van der Waals surface area contributed by atoms with Crippen LogP contribution >= 0.6 is 0 Å².